The number of amides is 4. The molecule has 5 aromatic rings. The number of rotatable bonds is 11. The van der Waals surface area contributed by atoms with Gasteiger partial charge in [0.1, 0.15) is 17.7 Å². The zero-order valence-corrected chi connectivity index (χ0v) is 34.8. The lowest BCUT2D eigenvalue weighted by Gasteiger charge is -2.39. The maximum atomic E-state index is 16.7. The van der Waals surface area contributed by atoms with Gasteiger partial charge in [0.2, 0.25) is 11.8 Å². The van der Waals surface area contributed by atoms with Crippen molar-refractivity contribution in [3.63, 3.8) is 0 Å². The molecule has 21 heteroatoms. The molecule has 0 radical (unpaired) electrons. The largest absolute Gasteiger partial charge is 0.367 e. The van der Waals surface area contributed by atoms with Crippen LogP contribution in [-0.2, 0) is 19.6 Å². The van der Waals surface area contributed by atoms with Gasteiger partial charge in [0.25, 0.3) is 21.8 Å². The maximum Gasteiger partial charge on any atom is 0.265 e. The molecule has 1 unspecified atom stereocenters. The molecule has 63 heavy (non-hydrogen) atoms. The van der Waals surface area contributed by atoms with Crippen molar-refractivity contribution in [1.82, 2.24) is 49.0 Å². The Hall–Kier alpha value is -6.35. The number of anilines is 4. The van der Waals surface area contributed by atoms with E-state index in [0.717, 1.165) is 21.7 Å². The van der Waals surface area contributed by atoms with Crippen molar-refractivity contribution in [2.45, 2.75) is 69.7 Å². The van der Waals surface area contributed by atoms with Crippen LogP contribution in [0.2, 0.25) is 0 Å². The van der Waals surface area contributed by atoms with E-state index in [1.54, 1.807) is 12.3 Å². The summed E-state index contributed by atoms with van der Waals surface area (Å²) < 4.78 is 117. The van der Waals surface area contributed by atoms with Crippen LogP contribution in [0.1, 0.15) is 90.1 Å². The van der Waals surface area contributed by atoms with Crippen molar-refractivity contribution >= 4 is 67.7 Å². The molecule has 0 bridgehead atoms. The molecule has 4 amide bonds. The number of pyridine rings is 1. The van der Waals surface area contributed by atoms with E-state index in [0.29, 0.717) is 77.0 Å². The highest BCUT2D eigenvalue weighted by atomic mass is 32.2. The fourth-order valence-corrected chi connectivity index (χ4v) is 9.72. The van der Waals surface area contributed by atoms with E-state index in [1.165, 1.54) is 18.6 Å². The molecule has 8 heterocycles. The average Bonchev–Trinajstić information content (AvgIpc) is 3.85. The number of hydrogen-bond acceptors (Lipinski definition) is 15. The number of carbonyl (C=O) groups is 4. The summed E-state index contributed by atoms with van der Waals surface area (Å²) in [4.78, 5) is 67.8. The van der Waals surface area contributed by atoms with Crippen LogP contribution in [0.3, 0.4) is 0 Å². The van der Waals surface area contributed by atoms with Gasteiger partial charge in [-0.15, -0.1) is 0 Å². The molecule has 2 N–H and O–H groups in total. The lowest BCUT2D eigenvalue weighted by molar-refractivity contribution is -0.136. The highest BCUT2D eigenvalue weighted by molar-refractivity contribution is 7.90. The minimum absolute atomic E-state index is 0.000274. The van der Waals surface area contributed by atoms with Gasteiger partial charge >= 0.3 is 0 Å². The number of nitrogens with one attached hydrogen (secondary N) is 2. The molecule has 1 atom stereocenters. The van der Waals surface area contributed by atoms with Crippen molar-refractivity contribution in [2.24, 2.45) is 5.92 Å². The second-order valence-corrected chi connectivity index (χ2v) is 18.3. The van der Waals surface area contributed by atoms with Gasteiger partial charge in [0.05, 0.1) is 56.4 Å². The first-order valence-electron chi connectivity index (χ1n) is 24.5. The average molecular weight is 888 g/mol. The molecule has 4 aliphatic heterocycles. The third kappa shape index (κ3) is 7.45. The number of nitrogens with zero attached hydrogens (tertiary/aromatic N) is 11. The molecule has 328 valence electrons. The predicted octanol–water partition coefficient (Wildman–Crippen LogP) is 3.33. The third-order valence-corrected chi connectivity index (χ3v) is 13.7. The number of hydrogen-bond donors (Lipinski definition) is 2. The van der Waals surface area contributed by atoms with E-state index in [-0.39, 0.29) is 29.6 Å². The summed E-state index contributed by atoms with van der Waals surface area (Å²) in [6, 6.07) is 3.58. The molecule has 19 nitrogen and oxygen atoms in total. The SMILES string of the molecule is [2H]C1([2H])N(CC2CCN(c3nn(C(C)C)c4cc(Nc5ccnc(-c6cnn(S(=O)(=O)C7CC7)c6)n5)ncc34)CC2)C([2H])([2H])C([2H])([2H])N(c2ccc3c(c2F)C(=O)N(C2CCC(=O)NC2=O)C3=O)C1([2H])[2H]. The van der Waals surface area contributed by atoms with Gasteiger partial charge < -0.3 is 15.1 Å². The molecule has 10 rings (SSSR count). The number of aromatic nitrogens is 7. The van der Waals surface area contributed by atoms with Crippen LogP contribution in [0.5, 0.6) is 0 Å². The summed E-state index contributed by atoms with van der Waals surface area (Å²) in [6.07, 6.45) is 7.38. The fourth-order valence-electron chi connectivity index (χ4n) is 8.24. The first-order valence-corrected chi connectivity index (χ1v) is 22.0. The van der Waals surface area contributed by atoms with Crippen LogP contribution in [0.4, 0.5) is 27.5 Å². The molecular formula is C42H46FN13O6S. The van der Waals surface area contributed by atoms with Crippen LogP contribution in [0.15, 0.2) is 49.1 Å². The van der Waals surface area contributed by atoms with Gasteiger partial charge in [-0.25, -0.2) is 27.8 Å². The molecule has 3 saturated heterocycles. The lowest BCUT2D eigenvalue weighted by atomic mass is 9.95. The summed E-state index contributed by atoms with van der Waals surface area (Å²) in [5.74, 6) is -4.39. The number of imide groups is 2. The first-order chi connectivity index (χ1) is 33.4. The van der Waals surface area contributed by atoms with Crippen molar-refractivity contribution < 1.29 is 43.0 Å². The Labute approximate surface area is 372 Å². The van der Waals surface area contributed by atoms with E-state index < -0.39 is 106 Å². The van der Waals surface area contributed by atoms with Gasteiger partial charge in [-0.3, -0.25) is 39.0 Å². The van der Waals surface area contributed by atoms with E-state index in [1.807, 2.05) is 34.8 Å². The monoisotopic (exact) mass is 887 g/mol. The highest BCUT2D eigenvalue weighted by Gasteiger charge is 2.47. The van der Waals surface area contributed by atoms with Crippen molar-refractivity contribution in [3.8, 4) is 11.4 Å². The Morgan fingerprint density at radius 3 is 2.44 bits per heavy atom. The summed E-state index contributed by atoms with van der Waals surface area (Å²) in [7, 11) is -3.58. The zero-order chi connectivity index (χ0) is 50.9. The van der Waals surface area contributed by atoms with Crippen LogP contribution in [-0.4, -0.2) is 133 Å². The molecule has 0 spiro atoms. The van der Waals surface area contributed by atoms with Gasteiger partial charge in [-0.2, -0.15) is 14.3 Å². The Balaban J connectivity index is 0.851. The van der Waals surface area contributed by atoms with Crippen LogP contribution in [0.25, 0.3) is 22.3 Å². The van der Waals surface area contributed by atoms with E-state index >= 15 is 4.39 Å². The van der Waals surface area contributed by atoms with Crippen LogP contribution in [0, 0.1) is 11.7 Å². The molecule has 1 saturated carbocycles. The third-order valence-electron chi connectivity index (χ3n) is 11.7. The van der Waals surface area contributed by atoms with Gasteiger partial charge in [0.15, 0.2) is 17.5 Å². The Kier molecular flexibility index (Phi) is 8.10. The normalized spacial score (nSPS) is 25.4. The minimum Gasteiger partial charge on any atom is -0.367 e. The van der Waals surface area contributed by atoms with Gasteiger partial charge in [-0.05, 0) is 70.1 Å². The highest BCUT2D eigenvalue weighted by Crippen LogP contribution is 2.36. The maximum absolute atomic E-state index is 16.7. The summed E-state index contributed by atoms with van der Waals surface area (Å²) >= 11 is 0. The lowest BCUT2D eigenvalue weighted by Crippen LogP contribution is -2.54. The standard InChI is InChI=1S/C42H46FN13O6S/c1-24(2)56-32-19-34(47-33-9-12-44-38(48-33)26-20-46-54(23-26)63(61,62)27-3-4-27)45-21-29(32)39(50-56)53-13-10-25(11-14-53)22-51-15-17-52(18-16-51)30-6-5-28-36(37(30)43)42(60)55(41(28)59)31-7-8-35(57)49-40(31)58/h5-6,9,12,19-21,23-25,27,31H,3-4,7-8,10-11,13-18,22H2,1-2H3,(H,49,57,58)(H,44,45,47,48)/i15D2,16D2,17D2,18D2. The first kappa shape index (κ1) is 32.3. The number of piperazine rings is 1. The summed E-state index contributed by atoms with van der Waals surface area (Å²) in [5, 5.41) is 14.5. The zero-order valence-electron chi connectivity index (χ0n) is 41.9. The van der Waals surface area contributed by atoms with Crippen molar-refractivity contribution in [1.29, 1.82) is 0 Å². The summed E-state index contributed by atoms with van der Waals surface area (Å²) in [6.45, 7) is -9.47. The predicted molar refractivity (Wildman–Crippen MR) is 228 cm³/mol. The number of halogens is 1. The Morgan fingerprint density at radius 1 is 0.937 bits per heavy atom. The molecule has 5 aliphatic rings. The van der Waals surface area contributed by atoms with E-state index in [9.17, 15) is 27.6 Å². The molecular weight excluding hydrogens is 834 g/mol. The quantitative estimate of drug-likeness (QED) is 0.182. The number of piperidine rings is 2. The van der Waals surface area contributed by atoms with Gasteiger partial charge in [0, 0.05) is 82.0 Å². The molecule has 1 aromatic carbocycles. The molecule has 4 fully saturated rings. The Bertz CT molecular complexity index is 3150. The van der Waals surface area contributed by atoms with Gasteiger partial charge in [-0.1, -0.05) is 0 Å². The minimum atomic E-state index is -3.58. The van der Waals surface area contributed by atoms with Crippen LogP contribution < -0.4 is 20.4 Å². The summed E-state index contributed by atoms with van der Waals surface area (Å²) in [5.41, 5.74) is -1.32. The van der Waals surface area contributed by atoms with Crippen molar-refractivity contribution in [2.75, 3.05) is 60.7 Å². The van der Waals surface area contributed by atoms with Crippen LogP contribution >= 0.6 is 0 Å². The number of fused-ring (bicyclic) bond motifs is 2. The molecule has 1 aliphatic carbocycles. The van der Waals surface area contributed by atoms with E-state index in [4.69, 9.17) is 16.1 Å². The number of benzene rings is 1. The Morgan fingerprint density at radius 2 is 1.71 bits per heavy atom. The second kappa shape index (κ2) is 15.8. The van der Waals surface area contributed by atoms with E-state index in [2.05, 4.69) is 25.4 Å². The topological polar surface area (TPSA) is 214 Å². The second-order valence-electron chi connectivity index (χ2n) is 16.3. The van der Waals surface area contributed by atoms with Crippen molar-refractivity contribution in [3.05, 3.63) is 66.0 Å². The molecule has 4 aromatic heterocycles. The smallest absolute Gasteiger partial charge is 0.265 e. The fraction of sp³-hybridized carbons (Fsp3) is 0.452. The number of carbonyl (C=O) groups excluding carboxylic acids is 4.